The average Bonchev–Trinajstić information content (AvgIpc) is 3.42. The highest BCUT2D eigenvalue weighted by molar-refractivity contribution is 6.62. The van der Waals surface area contributed by atoms with Crippen molar-refractivity contribution in [3.05, 3.63) is 30.6 Å². The summed E-state index contributed by atoms with van der Waals surface area (Å²) in [6, 6.07) is 6.12. The number of rotatable bonds is 5. The maximum absolute atomic E-state index is 11.4. The molecule has 3 aliphatic rings. The summed E-state index contributed by atoms with van der Waals surface area (Å²) in [6.07, 6.45) is 6.34. The summed E-state index contributed by atoms with van der Waals surface area (Å²) in [7, 11) is -0.513. The molecule has 1 amide bonds. The number of fused-ring (bicyclic) bond motifs is 1. The SMILES string of the molecule is CC1(C)OB(c2ccc3c(c2)c(-c2cncc(O[C@@H]4CCCN(C(=O)O)C4)n2)nn3C2CCCCO2)OC1(C)C. The lowest BCUT2D eigenvalue weighted by Crippen LogP contribution is -2.43. The number of aromatic nitrogens is 4. The van der Waals surface area contributed by atoms with Gasteiger partial charge in [0.05, 0.1) is 35.7 Å². The lowest BCUT2D eigenvalue weighted by atomic mass is 9.78. The number of ether oxygens (including phenoxy) is 2. The van der Waals surface area contributed by atoms with Crippen molar-refractivity contribution in [3.8, 4) is 17.3 Å². The van der Waals surface area contributed by atoms with Gasteiger partial charge in [0, 0.05) is 18.5 Å². The van der Waals surface area contributed by atoms with E-state index in [1.165, 1.54) is 4.90 Å². The van der Waals surface area contributed by atoms with Gasteiger partial charge in [0.25, 0.3) is 0 Å². The van der Waals surface area contributed by atoms with Crippen LogP contribution in [0.2, 0.25) is 0 Å². The van der Waals surface area contributed by atoms with E-state index >= 15 is 0 Å². The number of hydrogen-bond acceptors (Lipinski definition) is 8. The fourth-order valence-electron chi connectivity index (χ4n) is 5.51. The molecule has 0 radical (unpaired) electrons. The van der Waals surface area contributed by atoms with Gasteiger partial charge in [0.1, 0.15) is 17.5 Å². The van der Waals surface area contributed by atoms with Crippen LogP contribution in [0.1, 0.15) is 66.0 Å². The number of amides is 1. The summed E-state index contributed by atoms with van der Waals surface area (Å²) in [5.41, 5.74) is 2.14. The maximum Gasteiger partial charge on any atom is 0.494 e. The Morgan fingerprint density at radius 2 is 1.90 bits per heavy atom. The number of carbonyl (C=O) groups is 1. The van der Waals surface area contributed by atoms with Crippen LogP contribution in [0.3, 0.4) is 0 Å². The van der Waals surface area contributed by atoms with Crippen LogP contribution in [-0.2, 0) is 14.0 Å². The van der Waals surface area contributed by atoms with E-state index in [1.54, 1.807) is 12.4 Å². The second-order valence-electron chi connectivity index (χ2n) is 11.8. The van der Waals surface area contributed by atoms with E-state index in [-0.39, 0.29) is 12.3 Å². The zero-order chi connectivity index (χ0) is 28.1. The Kier molecular flexibility index (Phi) is 6.96. The Hall–Kier alpha value is -3.22. The van der Waals surface area contributed by atoms with E-state index in [0.29, 0.717) is 37.0 Å². The van der Waals surface area contributed by atoms with Crippen LogP contribution in [0.25, 0.3) is 22.3 Å². The Labute approximate surface area is 233 Å². The minimum atomic E-state index is -0.937. The predicted octanol–water partition coefficient (Wildman–Crippen LogP) is 4.01. The van der Waals surface area contributed by atoms with Crippen LogP contribution in [0.5, 0.6) is 5.88 Å². The first-order valence-corrected chi connectivity index (χ1v) is 14.1. The van der Waals surface area contributed by atoms with Gasteiger partial charge < -0.3 is 28.8 Å². The van der Waals surface area contributed by atoms with Crippen molar-refractivity contribution in [2.75, 3.05) is 19.7 Å². The number of piperidine rings is 1. The molecule has 6 rings (SSSR count). The molecule has 11 nitrogen and oxygen atoms in total. The third-order valence-electron chi connectivity index (χ3n) is 8.48. The van der Waals surface area contributed by atoms with Crippen molar-refractivity contribution in [3.63, 3.8) is 0 Å². The maximum atomic E-state index is 11.4. The summed E-state index contributed by atoms with van der Waals surface area (Å²) in [4.78, 5) is 22.0. The third-order valence-corrected chi connectivity index (χ3v) is 8.48. The predicted molar refractivity (Wildman–Crippen MR) is 149 cm³/mol. The summed E-state index contributed by atoms with van der Waals surface area (Å²) in [5.74, 6) is 0.341. The second kappa shape index (κ2) is 10.3. The molecule has 1 unspecified atom stereocenters. The van der Waals surface area contributed by atoms with Crippen molar-refractivity contribution in [2.24, 2.45) is 0 Å². The molecular weight excluding hydrogens is 513 g/mol. The van der Waals surface area contributed by atoms with Crippen LogP contribution in [-0.4, -0.2) is 80.0 Å². The van der Waals surface area contributed by atoms with Gasteiger partial charge in [-0.1, -0.05) is 12.1 Å². The summed E-state index contributed by atoms with van der Waals surface area (Å²) < 4.78 is 26.8. The summed E-state index contributed by atoms with van der Waals surface area (Å²) >= 11 is 0. The zero-order valence-corrected chi connectivity index (χ0v) is 23.5. The highest BCUT2D eigenvalue weighted by Crippen LogP contribution is 2.37. The number of likely N-dealkylation sites (tertiary alicyclic amines) is 1. The molecule has 2 atom stereocenters. The van der Waals surface area contributed by atoms with Crippen LogP contribution in [0.4, 0.5) is 4.79 Å². The summed E-state index contributed by atoms with van der Waals surface area (Å²) in [6.45, 7) is 9.67. The van der Waals surface area contributed by atoms with Gasteiger partial charge in [-0.3, -0.25) is 4.98 Å². The number of benzene rings is 1. The van der Waals surface area contributed by atoms with Gasteiger partial charge in [-0.25, -0.2) is 14.5 Å². The van der Waals surface area contributed by atoms with E-state index in [1.807, 2.05) is 44.5 Å². The Morgan fingerprint density at radius 1 is 1.10 bits per heavy atom. The van der Waals surface area contributed by atoms with E-state index in [9.17, 15) is 9.90 Å². The van der Waals surface area contributed by atoms with Gasteiger partial charge in [-0.15, -0.1) is 0 Å². The lowest BCUT2D eigenvalue weighted by molar-refractivity contribution is -0.0365. The van der Waals surface area contributed by atoms with Crippen molar-refractivity contribution < 1.29 is 28.7 Å². The van der Waals surface area contributed by atoms with Crippen LogP contribution in [0.15, 0.2) is 30.6 Å². The number of nitrogens with zero attached hydrogens (tertiary/aromatic N) is 5. The largest absolute Gasteiger partial charge is 0.494 e. The molecule has 12 heteroatoms. The average molecular weight is 549 g/mol. The van der Waals surface area contributed by atoms with Crippen LogP contribution in [0, 0.1) is 0 Å². The molecule has 1 aromatic carbocycles. The first kappa shape index (κ1) is 27.0. The molecule has 3 fully saturated rings. The molecule has 0 saturated carbocycles. The molecule has 3 aliphatic heterocycles. The van der Waals surface area contributed by atoms with E-state index in [2.05, 4.69) is 11.1 Å². The first-order chi connectivity index (χ1) is 19.1. The molecule has 3 saturated heterocycles. The lowest BCUT2D eigenvalue weighted by Gasteiger charge is -2.32. The van der Waals surface area contributed by atoms with Gasteiger partial charge in [-0.05, 0) is 71.3 Å². The fraction of sp³-hybridized carbons (Fsp3) is 0.571. The third kappa shape index (κ3) is 5.04. The minimum Gasteiger partial charge on any atom is -0.471 e. The topological polar surface area (TPSA) is 121 Å². The highest BCUT2D eigenvalue weighted by atomic mass is 16.7. The molecule has 212 valence electrons. The Balaban J connectivity index is 1.36. The molecule has 2 aromatic heterocycles. The van der Waals surface area contributed by atoms with Crippen molar-refractivity contribution in [1.29, 1.82) is 0 Å². The minimum absolute atomic E-state index is 0.163. The van der Waals surface area contributed by atoms with Crippen LogP contribution < -0.4 is 10.2 Å². The standard InChI is InChI=1S/C28H36BN5O6/c1-27(2)28(3,4)40-29(39-27)18-10-11-22-20(14-18)25(32-34(22)24-9-5-6-13-37-24)21-15-30-16-23(31-21)38-19-8-7-12-33(17-19)26(35)36/h10-11,14-16,19,24H,5-9,12-13,17H2,1-4H3,(H,35,36)/t19-,24?/m1/s1. The first-order valence-electron chi connectivity index (χ1n) is 14.1. The number of hydrogen-bond donors (Lipinski definition) is 1. The molecule has 0 spiro atoms. The smallest absolute Gasteiger partial charge is 0.471 e. The fourth-order valence-corrected chi connectivity index (χ4v) is 5.51. The van der Waals surface area contributed by atoms with Gasteiger partial charge in [0.2, 0.25) is 5.88 Å². The highest BCUT2D eigenvalue weighted by Gasteiger charge is 2.51. The van der Waals surface area contributed by atoms with E-state index in [0.717, 1.165) is 48.5 Å². The molecule has 1 N–H and O–H groups in total. The Bertz CT molecular complexity index is 1390. The quantitative estimate of drug-likeness (QED) is 0.471. The normalized spacial score (nSPS) is 24.4. The second-order valence-corrected chi connectivity index (χ2v) is 11.8. The number of carboxylic acid groups (broad SMARTS) is 1. The van der Waals surface area contributed by atoms with Gasteiger partial charge >= 0.3 is 13.2 Å². The van der Waals surface area contributed by atoms with E-state index < -0.39 is 24.4 Å². The van der Waals surface area contributed by atoms with Gasteiger partial charge in [-0.2, -0.15) is 5.10 Å². The van der Waals surface area contributed by atoms with Crippen molar-refractivity contribution >= 4 is 29.6 Å². The van der Waals surface area contributed by atoms with Gasteiger partial charge in [0.15, 0.2) is 6.23 Å². The van der Waals surface area contributed by atoms with Crippen molar-refractivity contribution in [1.82, 2.24) is 24.6 Å². The monoisotopic (exact) mass is 549 g/mol. The molecule has 40 heavy (non-hydrogen) atoms. The molecular formula is C28H36BN5O6. The Morgan fingerprint density at radius 3 is 2.62 bits per heavy atom. The van der Waals surface area contributed by atoms with Crippen molar-refractivity contribution in [2.45, 2.75) is 83.3 Å². The zero-order valence-electron chi connectivity index (χ0n) is 23.5. The summed E-state index contributed by atoms with van der Waals surface area (Å²) in [5, 5.41) is 15.3. The molecule has 5 heterocycles. The molecule has 0 aliphatic carbocycles. The van der Waals surface area contributed by atoms with Crippen LogP contribution >= 0.6 is 0 Å². The molecule has 0 bridgehead atoms. The van der Waals surface area contributed by atoms with E-state index in [4.69, 9.17) is 28.9 Å². The molecule has 3 aromatic rings.